The van der Waals surface area contributed by atoms with Gasteiger partial charge < -0.3 is 15.5 Å². The van der Waals surface area contributed by atoms with Crippen LogP contribution in [0.2, 0.25) is 0 Å². The summed E-state index contributed by atoms with van der Waals surface area (Å²) in [6.45, 7) is 6.09. The monoisotopic (exact) mass is 499 g/mol. The van der Waals surface area contributed by atoms with Crippen LogP contribution in [0.15, 0.2) is 40.8 Å². The van der Waals surface area contributed by atoms with Crippen molar-refractivity contribution < 1.29 is 0 Å². The molecule has 0 aromatic carbocycles. The number of guanidine groups is 1. The Hall–Kier alpha value is -1.35. The van der Waals surface area contributed by atoms with E-state index in [1.54, 1.807) is 11.3 Å². The summed E-state index contributed by atoms with van der Waals surface area (Å²) in [5.41, 5.74) is 1.23. The van der Waals surface area contributed by atoms with Gasteiger partial charge in [-0.15, -0.1) is 35.3 Å². The van der Waals surface area contributed by atoms with Crippen LogP contribution in [0.1, 0.15) is 42.5 Å². The second-order valence-electron chi connectivity index (χ2n) is 6.79. The van der Waals surface area contributed by atoms with Gasteiger partial charge in [-0.2, -0.15) is 0 Å². The number of hydrogen-bond donors (Lipinski definition) is 2. The Morgan fingerprint density at radius 3 is 2.78 bits per heavy atom. The Labute approximate surface area is 183 Å². The molecule has 1 unspecified atom stereocenters. The van der Waals surface area contributed by atoms with Crippen LogP contribution in [-0.4, -0.2) is 37.6 Å². The molecule has 27 heavy (non-hydrogen) atoms. The summed E-state index contributed by atoms with van der Waals surface area (Å²) in [5.74, 6) is 2.41. The molecule has 2 aromatic heterocycles. The molecule has 0 bridgehead atoms. The number of hydrogen-bond acceptors (Lipinski definition) is 4. The lowest BCUT2D eigenvalue weighted by molar-refractivity contribution is 0.573. The van der Waals surface area contributed by atoms with Crippen LogP contribution < -0.4 is 15.5 Å². The standard InChI is InChI=1S/C20H29N5S.HI/c1-16(18-7-6-12-26-18)14-23-20(21-2)24-15-17-8-9-22-19(13-17)25-10-4-3-5-11-25;/h6-9,12-13,16H,3-5,10-11,14-15H2,1-2H3,(H2,21,23,24);1H. The molecular formula is C20H30IN5S. The van der Waals surface area contributed by atoms with E-state index >= 15 is 0 Å². The molecule has 7 heteroatoms. The number of aliphatic imine (C=N–C) groups is 1. The average molecular weight is 499 g/mol. The van der Waals surface area contributed by atoms with Gasteiger partial charge in [0.1, 0.15) is 5.82 Å². The Morgan fingerprint density at radius 1 is 1.26 bits per heavy atom. The first kappa shape index (κ1) is 21.9. The number of aromatic nitrogens is 1. The van der Waals surface area contributed by atoms with Gasteiger partial charge >= 0.3 is 0 Å². The average Bonchev–Trinajstić information content (AvgIpc) is 3.24. The van der Waals surface area contributed by atoms with E-state index < -0.39 is 0 Å². The van der Waals surface area contributed by atoms with Crippen molar-refractivity contribution in [3.05, 3.63) is 46.3 Å². The van der Waals surface area contributed by atoms with E-state index in [9.17, 15) is 0 Å². The van der Waals surface area contributed by atoms with Crippen molar-refractivity contribution in [1.82, 2.24) is 15.6 Å². The second kappa shape index (κ2) is 11.5. The van der Waals surface area contributed by atoms with E-state index in [1.807, 2.05) is 13.2 Å². The predicted molar refractivity (Wildman–Crippen MR) is 127 cm³/mol. The Balaban J connectivity index is 0.00000261. The van der Waals surface area contributed by atoms with Crippen LogP contribution in [0.3, 0.4) is 0 Å². The molecule has 1 saturated heterocycles. The minimum absolute atomic E-state index is 0. The van der Waals surface area contributed by atoms with Crippen molar-refractivity contribution >= 4 is 47.1 Å². The van der Waals surface area contributed by atoms with Gasteiger partial charge in [0, 0.05) is 50.2 Å². The molecule has 3 heterocycles. The number of piperidine rings is 1. The topological polar surface area (TPSA) is 52.6 Å². The normalized spacial score (nSPS) is 15.8. The maximum absolute atomic E-state index is 4.55. The first-order chi connectivity index (χ1) is 12.8. The van der Waals surface area contributed by atoms with Crippen LogP contribution in [0.4, 0.5) is 5.82 Å². The summed E-state index contributed by atoms with van der Waals surface area (Å²) in [5, 5.41) is 8.96. The van der Waals surface area contributed by atoms with Gasteiger partial charge in [0.25, 0.3) is 0 Å². The fourth-order valence-corrected chi connectivity index (χ4v) is 3.98. The highest BCUT2D eigenvalue weighted by Crippen LogP contribution is 2.20. The van der Waals surface area contributed by atoms with Crippen molar-refractivity contribution in [2.75, 3.05) is 31.6 Å². The molecule has 2 N–H and O–H groups in total. The van der Waals surface area contributed by atoms with E-state index in [0.29, 0.717) is 5.92 Å². The number of rotatable bonds is 6. The number of nitrogens with one attached hydrogen (secondary N) is 2. The van der Waals surface area contributed by atoms with E-state index in [2.05, 4.69) is 62.1 Å². The van der Waals surface area contributed by atoms with Crippen LogP contribution in [0, 0.1) is 0 Å². The number of halogens is 1. The Morgan fingerprint density at radius 2 is 2.07 bits per heavy atom. The molecule has 148 valence electrons. The smallest absolute Gasteiger partial charge is 0.191 e. The molecule has 1 atom stereocenters. The number of thiophene rings is 1. The van der Waals surface area contributed by atoms with E-state index in [-0.39, 0.29) is 24.0 Å². The molecule has 0 spiro atoms. The highest BCUT2D eigenvalue weighted by atomic mass is 127. The van der Waals surface area contributed by atoms with Gasteiger partial charge in [-0.1, -0.05) is 13.0 Å². The van der Waals surface area contributed by atoms with Crippen LogP contribution in [-0.2, 0) is 6.54 Å². The van der Waals surface area contributed by atoms with Gasteiger partial charge in [-0.3, -0.25) is 4.99 Å². The molecule has 5 nitrogen and oxygen atoms in total. The van der Waals surface area contributed by atoms with Crippen molar-refractivity contribution in [2.45, 2.75) is 38.6 Å². The molecule has 1 fully saturated rings. The maximum atomic E-state index is 4.55. The van der Waals surface area contributed by atoms with E-state index in [1.165, 1.54) is 29.7 Å². The van der Waals surface area contributed by atoms with Gasteiger partial charge in [0.05, 0.1) is 0 Å². The number of nitrogens with zero attached hydrogens (tertiary/aromatic N) is 3. The quantitative estimate of drug-likeness (QED) is 0.355. The van der Waals surface area contributed by atoms with Crippen molar-refractivity contribution in [3.8, 4) is 0 Å². The lowest BCUT2D eigenvalue weighted by atomic mass is 10.1. The molecule has 0 amide bonds. The van der Waals surface area contributed by atoms with Crippen LogP contribution in [0.5, 0.6) is 0 Å². The zero-order valence-electron chi connectivity index (χ0n) is 16.1. The predicted octanol–water partition coefficient (Wildman–Crippen LogP) is 4.22. The summed E-state index contributed by atoms with van der Waals surface area (Å²) in [4.78, 5) is 12.7. The van der Waals surface area contributed by atoms with Crippen molar-refractivity contribution in [3.63, 3.8) is 0 Å². The van der Waals surface area contributed by atoms with Crippen LogP contribution >= 0.6 is 35.3 Å². The van der Waals surface area contributed by atoms with Gasteiger partial charge in [0.15, 0.2) is 5.96 Å². The van der Waals surface area contributed by atoms with Gasteiger partial charge in [0.2, 0.25) is 0 Å². The number of pyridine rings is 1. The highest BCUT2D eigenvalue weighted by molar-refractivity contribution is 14.0. The summed E-state index contributed by atoms with van der Waals surface area (Å²) >= 11 is 1.80. The summed E-state index contributed by atoms with van der Waals surface area (Å²) in [7, 11) is 1.82. The lowest BCUT2D eigenvalue weighted by Crippen LogP contribution is -2.38. The fourth-order valence-electron chi connectivity index (χ4n) is 3.19. The van der Waals surface area contributed by atoms with Gasteiger partial charge in [-0.25, -0.2) is 4.98 Å². The van der Waals surface area contributed by atoms with Gasteiger partial charge in [-0.05, 0) is 48.4 Å². The van der Waals surface area contributed by atoms with E-state index in [0.717, 1.165) is 38.0 Å². The third-order valence-electron chi connectivity index (χ3n) is 4.78. The minimum Gasteiger partial charge on any atom is -0.357 e. The summed E-state index contributed by atoms with van der Waals surface area (Å²) in [6, 6.07) is 8.56. The summed E-state index contributed by atoms with van der Waals surface area (Å²) < 4.78 is 0. The molecule has 1 aliphatic heterocycles. The molecule has 1 aliphatic rings. The van der Waals surface area contributed by atoms with Crippen molar-refractivity contribution in [1.29, 1.82) is 0 Å². The Bertz CT molecular complexity index is 698. The molecule has 2 aromatic rings. The largest absolute Gasteiger partial charge is 0.357 e. The molecule has 0 saturated carbocycles. The van der Waals surface area contributed by atoms with Crippen molar-refractivity contribution in [2.24, 2.45) is 4.99 Å². The minimum atomic E-state index is 0. The zero-order chi connectivity index (χ0) is 18.2. The highest BCUT2D eigenvalue weighted by Gasteiger charge is 2.12. The zero-order valence-corrected chi connectivity index (χ0v) is 19.3. The second-order valence-corrected chi connectivity index (χ2v) is 7.77. The van der Waals surface area contributed by atoms with E-state index in [4.69, 9.17) is 0 Å². The third-order valence-corrected chi connectivity index (χ3v) is 5.88. The molecular weight excluding hydrogens is 469 g/mol. The Kier molecular flexibility index (Phi) is 9.33. The number of anilines is 1. The first-order valence-electron chi connectivity index (χ1n) is 9.44. The molecule has 0 radical (unpaired) electrons. The maximum Gasteiger partial charge on any atom is 0.191 e. The summed E-state index contributed by atoms with van der Waals surface area (Å²) in [6.07, 6.45) is 5.78. The van der Waals surface area contributed by atoms with Crippen LogP contribution in [0.25, 0.3) is 0 Å². The molecule has 3 rings (SSSR count). The fraction of sp³-hybridized carbons (Fsp3) is 0.500. The SMILES string of the molecule is CN=C(NCc1ccnc(N2CCCCC2)c1)NCC(C)c1cccs1.I. The molecule has 0 aliphatic carbocycles. The lowest BCUT2D eigenvalue weighted by Gasteiger charge is -2.28. The third kappa shape index (κ3) is 6.64. The first-order valence-corrected chi connectivity index (χ1v) is 10.3.